The second kappa shape index (κ2) is 8.46. The zero-order chi connectivity index (χ0) is 14.3. The van der Waals surface area contributed by atoms with Crippen LogP contribution in [0.1, 0.15) is 40.0 Å². The zero-order valence-electron chi connectivity index (χ0n) is 12.1. The molecule has 0 heterocycles. The van der Waals surface area contributed by atoms with Gasteiger partial charge in [0.05, 0.1) is 18.1 Å². The van der Waals surface area contributed by atoms with Gasteiger partial charge in [-0.1, -0.05) is 26.7 Å². The van der Waals surface area contributed by atoms with Gasteiger partial charge in [0, 0.05) is 6.04 Å². The molecule has 0 unspecified atom stereocenters. The van der Waals surface area contributed by atoms with Crippen molar-refractivity contribution in [1.82, 2.24) is 5.32 Å². The SMILES string of the molecule is CCOC(=O)CSCC(=O)N[C@@H]1CCC[C@H](C)[C@H]1C. The van der Waals surface area contributed by atoms with E-state index in [1.165, 1.54) is 24.6 Å². The van der Waals surface area contributed by atoms with Gasteiger partial charge in [-0.2, -0.15) is 0 Å². The van der Waals surface area contributed by atoms with Crippen LogP contribution < -0.4 is 5.32 Å². The van der Waals surface area contributed by atoms with Crippen molar-refractivity contribution >= 4 is 23.6 Å². The van der Waals surface area contributed by atoms with Gasteiger partial charge < -0.3 is 10.1 Å². The lowest BCUT2D eigenvalue weighted by Gasteiger charge is -2.34. The topological polar surface area (TPSA) is 55.4 Å². The van der Waals surface area contributed by atoms with E-state index in [4.69, 9.17) is 4.74 Å². The minimum Gasteiger partial charge on any atom is -0.465 e. The van der Waals surface area contributed by atoms with Crippen LogP contribution >= 0.6 is 11.8 Å². The van der Waals surface area contributed by atoms with E-state index in [1.807, 2.05) is 0 Å². The molecule has 1 saturated carbocycles. The van der Waals surface area contributed by atoms with Gasteiger partial charge in [-0.3, -0.25) is 9.59 Å². The van der Waals surface area contributed by atoms with Gasteiger partial charge in [0.15, 0.2) is 0 Å². The number of amides is 1. The average Bonchev–Trinajstić information content (AvgIpc) is 2.35. The van der Waals surface area contributed by atoms with Gasteiger partial charge in [-0.05, 0) is 25.2 Å². The summed E-state index contributed by atoms with van der Waals surface area (Å²) in [7, 11) is 0. The largest absolute Gasteiger partial charge is 0.465 e. The van der Waals surface area contributed by atoms with E-state index in [0.717, 1.165) is 6.42 Å². The predicted molar refractivity (Wildman–Crippen MR) is 78.1 cm³/mol. The molecule has 1 amide bonds. The van der Waals surface area contributed by atoms with Crippen LogP contribution in [-0.4, -0.2) is 36.0 Å². The molecule has 110 valence electrons. The summed E-state index contributed by atoms with van der Waals surface area (Å²) in [4.78, 5) is 23.0. The Morgan fingerprint density at radius 1 is 1.26 bits per heavy atom. The van der Waals surface area contributed by atoms with Crippen molar-refractivity contribution in [2.24, 2.45) is 11.8 Å². The minimum atomic E-state index is -0.250. The van der Waals surface area contributed by atoms with Gasteiger partial charge in [0.25, 0.3) is 0 Å². The van der Waals surface area contributed by atoms with Crippen LogP contribution in [0.25, 0.3) is 0 Å². The van der Waals surface area contributed by atoms with Crippen molar-refractivity contribution in [3.8, 4) is 0 Å². The first-order chi connectivity index (χ1) is 9.04. The maximum Gasteiger partial charge on any atom is 0.315 e. The number of carbonyl (C=O) groups is 2. The fourth-order valence-electron chi connectivity index (χ4n) is 2.46. The maximum atomic E-state index is 11.8. The Morgan fingerprint density at radius 3 is 2.68 bits per heavy atom. The molecular weight excluding hydrogens is 262 g/mol. The Balaban J connectivity index is 2.21. The van der Waals surface area contributed by atoms with Crippen LogP contribution in [0.15, 0.2) is 0 Å². The van der Waals surface area contributed by atoms with Crippen LogP contribution in [0.3, 0.4) is 0 Å². The second-order valence-electron chi connectivity index (χ2n) is 5.24. The molecule has 4 nitrogen and oxygen atoms in total. The molecule has 0 bridgehead atoms. The summed E-state index contributed by atoms with van der Waals surface area (Å²) in [6.07, 6.45) is 3.51. The van der Waals surface area contributed by atoms with E-state index >= 15 is 0 Å². The Morgan fingerprint density at radius 2 is 2.00 bits per heavy atom. The number of hydrogen-bond acceptors (Lipinski definition) is 4. The van der Waals surface area contributed by atoms with Crippen LogP contribution in [0.4, 0.5) is 0 Å². The first-order valence-corrected chi connectivity index (χ1v) is 8.22. The highest BCUT2D eigenvalue weighted by Crippen LogP contribution is 2.29. The third-order valence-corrected chi connectivity index (χ3v) is 4.72. The van der Waals surface area contributed by atoms with E-state index in [0.29, 0.717) is 30.2 Å². The molecule has 1 N–H and O–H groups in total. The Bertz CT molecular complexity index is 309. The van der Waals surface area contributed by atoms with Gasteiger partial charge in [0.1, 0.15) is 0 Å². The summed E-state index contributed by atoms with van der Waals surface area (Å²) in [5.74, 6) is 1.56. The highest BCUT2D eigenvalue weighted by Gasteiger charge is 2.27. The van der Waals surface area contributed by atoms with E-state index in [-0.39, 0.29) is 17.6 Å². The molecule has 1 fully saturated rings. The number of rotatable bonds is 6. The number of thioether (sulfide) groups is 1. The molecule has 0 aliphatic heterocycles. The molecule has 5 heteroatoms. The molecule has 1 aliphatic rings. The van der Waals surface area contributed by atoms with E-state index in [1.54, 1.807) is 6.92 Å². The fourth-order valence-corrected chi connectivity index (χ4v) is 3.08. The van der Waals surface area contributed by atoms with Crippen molar-refractivity contribution in [3.05, 3.63) is 0 Å². The van der Waals surface area contributed by atoms with Crippen molar-refractivity contribution in [1.29, 1.82) is 0 Å². The summed E-state index contributed by atoms with van der Waals surface area (Å²) < 4.78 is 4.81. The Kier molecular flexibility index (Phi) is 7.28. The zero-order valence-corrected chi connectivity index (χ0v) is 12.9. The first kappa shape index (κ1) is 16.3. The molecule has 0 aromatic heterocycles. The van der Waals surface area contributed by atoms with E-state index in [2.05, 4.69) is 19.2 Å². The van der Waals surface area contributed by atoms with Crippen molar-refractivity contribution in [3.63, 3.8) is 0 Å². The van der Waals surface area contributed by atoms with E-state index in [9.17, 15) is 9.59 Å². The van der Waals surface area contributed by atoms with Gasteiger partial charge in [-0.15, -0.1) is 11.8 Å². The van der Waals surface area contributed by atoms with Crippen molar-refractivity contribution < 1.29 is 14.3 Å². The van der Waals surface area contributed by atoms with Crippen molar-refractivity contribution in [2.75, 3.05) is 18.1 Å². The quantitative estimate of drug-likeness (QED) is 0.761. The third kappa shape index (κ3) is 5.85. The highest BCUT2D eigenvalue weighted by molar-refractivity contribution is 8.00. The highest BCUT2D eigenvalue weighted by atomic mass is 32.2. The molecule has 0 spiro atoms. The molecule has 0 aromatic carbocycles. The van der Waals surface area contributed by atoms with Crippen LogP contribution in [0.2, 0.25) is 0 Å². The molecule has 0 aromatic rings. The fraction of sp³-hybridized carbons (Fsp3) is 0.857. The van der Waals surface area contributed by atoms with Gasteiger partial charge >= 0.3 is 5.97 Å². The summed E-state index contributed by atoms with van der Waals surface area (Å²) in [6, 6.07) is 0.291. The minimum absolute atomic E-state index is 0.0280. The standard InChI is InChI=1S/C14H25NO3S/c1-4-18-14(17)9-19-8-13(16)15-12-7-5-6-10(2)11(12)3/h10-12H,4-9H2,1-3H3,(H,15,16)/t10-,11+,12+/m0/s1. The molecule has 0 saturated heterocycles. The van der Waals surface area contributed by atoms with Crippen molar-refractivity contribution in [2.45, 2.75) is 46.1 Å². The summed E-state index contributed by atoms with van der Waals surface area (Å²) in [6.45, 7) is 6.63. The normalized spacial score (nSPS) is 26.8. The average molecular weight is 287 g/mol. The van der Waals surface area contributed by atoms with Crippen LogP contribution in [0, 0.1) is 11.8 Å². The Hall–Kier alpha value is -0.710. The monoisotopic (exact) mass is 287 g/mol. The molecule has 1 aliphatic carbocycles. The summed E-state index contributed by atoms with van der Waals surface area (Å²) >= 11 is 1.31. The number of nitrogens with one attached hydrogen (secondary N) is 1. The number of ether oxygens (including phenoxy) is 1. The lowest BCUT2D eigenvalue weighted by atomic mass is 9.78. The molecule has 0 radical (unpaired) electrons. The number of hydrogen-bond donors (Lipinski definition) is 1. The summed E-state index contributed by atoms with van der Waals surface area (Å²) in [5, 5.41) is 3.09. The lowest BCUT2D eigenvalue weighted by molar-refractivity contribution is -0.139. The van der Waals surface area contributed by atoms with Gasteiger partial charge in [-0.25, -0.2) is 0 Å². The third-order valence-electron chi connectivity index (χ3n) is 3.81. The molecule has 1 rings (SSSR count). The molecule has 19 heavy (non-hydrogen) atoms. The molecule has 3 atom stereocenters. The number of esters is 1. The summed E-state index contributed by atoms with van der Waals surface area (Å²) in [5.41, 5.74) is 0. The smallest absolute Gasteiger partial charge is 0.315 e. The van der Waals surface area contributed by atoms with E-state index < -0.39 is 0 Å². The Labute approximate surface area is 120 Å². The second-order valence-corrected chi connectivity index (χ2v) is 6.22. The lowest BCUT2D eigenvalue weighted by Crippen LogP contribution is -2.44. The van der Waals surface area contributed by atoms with Crippen LogP contribution in [0.5, 0.6) is 0 Å². The first-order valence-electron chi connectivity index (χ1n) is 7.07. The van der Waals surface area contributed by atoms with Crippen LogP contribution in [-0.2, 0) is 14.3 Å². The number of carbonyl (C=O) groups excluding carboxylic acids is 2. The molecular formula is C14H25NO3S. The predicted octanol–water partition coefficient (Wildman–Crippen LogP) is 2.22. The van der Waals surface area contributed by atoms with Gasteiger partial charge in [0.2, 0.25) is 5.91 Å². The maximum absolute atomic E-state index is 11.8.